The van der Waals surface area contributed by atoms with Crippen LogP contribution in [-0.4, -0.2) is 28.1 Å². The number of benzene rings is 2. The highest BCUT2D eigenvalue weighted by Gasteiger charge is 2.14. The molecule has 1 aromatic heterocycles. The summed E-state index contributed by atoms with van der Waals surface area (Å²) in [7, 11) is 1.50. The van der Waals surface area contributed by atoms with Gasteiger partial charge in [0.25, 0.3) is 5.91 Å². The van der Waals surface area contributed by atoms with Gasteiger partial charge in [-0.1, -0.05) is 12.1 Å². The molecule has 0 radical (unpaired) electrons. The number of carbonyl (C=O) groups is 1. The summed E-state index contributed by atoms with van der Waals surface area (Å²) in [5.74, 6) is -0.452. The third-order valence-electron chi connectivity index (χ3n) is 3.67. The average Bonchev–Trinajstić information content (AvgIpc) is 3.01. The number of fused-ring (bicyclic) bond motifs is 1. The van der Waals surface area contributed by atoms with E-state index in [1.54, 1.807) is 42.5 Å². The Morgan fingerprint density at radius 3 is 2.63 bits per heavy atom. The molecule has 0 unspecified atom stereocenters. The first-order valence-corrected chi connectivity index (χ1v) is 7.96. The lowest BCUT2D eigenvalue weighted by Gasteiger charge is -2.06. The number of para-hydroxylation sites is 1. The Kier molecular flexibility index (Phi) is 5.02. The first-order valence-electron chi connectivity index (χ1n) is 7.96. The Morgan fingerprint density at radius 1 is 1.15 bits per heavy atom. The summed E-state index contributed by atoms with van der Waals surface area (Å²) in [6, 6.07) is 11.8. The van der Waals surface area contributed by atoms with Crippen molar-refractivity contribution in [1.82, 2.24) is 9.97 Å². The molecule has 1 heterocycles. The van der Waals surface area contributed by atoms with E-state index in [2.05, 4.69) is 25.5 Å². The monoisotopic (exact) mass is 367 g/mol. The molecule has 0 bridgehead atoms. The number of nitrogens with one attached hydrogen (secondary N) is 3. The first-order chi connectivity index (χ1) is 13.0. The zero-order valence-corrected chi connectivity index (χ0v) is 14.6. The minimum atomic E-state index is -0.647. The fourth-order valence-corrected chi connectivity index (χ4v) is 2.40. The summed E-state index contributed by atoms with van der Waals surface area (Å²) in [6.07, 6.45) is 0. The van der Waals surface area contributed by atoms with Crippen molar-refractivity contribution < 1.29 is 14.6 Å². The second-order valence-corrected chi connectivity index (χ2v) is 5.60. The molecule has 9 nitrogen and oxygen atoms in total. The van der Waals surface area contributed by atoms with Crippen molar-refractivity contribution in [2.24, 2.45) is 10.2 Å². The van der Waals surface area contributed by atoms with E-state index in [0.717, 1.165) is 0 Å². The van der Waals surface area contributed by atoms with Gasteiger partial charge in [-0.25, -0.2) is 4.79 Å². The molecular weight excluding hydrogens is 350 g/mol. The van der Waals surface area contributed by atoms with Crippen LogP contribution in [-0.2, 0) is 4.79 Å². The molecule has 1 amide bonds. The largest absolute Gasteiger partial charge is 0.510 e. The summed E-state index contributed by atoms with van der Waals surface area (Å²) in [5, 5.41) is 20.3. The molecule has 27 heavy (non-hydrogen) atoms. The molecule has 4 N–H and O–H groups in total. The smallest absolute Gasteiger partial charge is 0.323 e. The number of hydrogen-bond acceptors (Lipinski definition) is 6. The molecule has 3 rings (SSSR count). The van der Waals surface area contributed by atoms with Crippen LogP contribution in [0.3, 0.4) is 0 Å². The van der Waals surface area contributed by atoms with Crippen LogP contribution in [0.2, 0.25) is 0 Å². The second kappa shape index (κ2) is 7.56. The number of allylic oxidation sites excluding steroid dienone is 1. The summed E-state index contributed by atoms with van der Waals surface area (Å²) >= 11 is 0. The molecule has 9 heteroatoms. The average molecular weight is 367 g/mol. The predicted molar refractivity (Wildman–Crippen MR) is 100 cm³/mol. The van der Waals surface area contributed by atoms with Crippen LogP contribution in [0.1, 0.15) is 6.92 Å². The zero-order chi connectivity index (χ0) is 19.4. The number of imidazole rings is 1. The fraction of sp³-hybridized carbons (Fsp3) is 0.111. The molecule has 3 aromatic rings. The molecule has 0 spiro atoms. The van der Waals surface area contributed by atoms with Crippen molar-refractivity contribution in [3.63, 3.8) is 0 Å². The van der Waals surface area contributed by atoms with Crippen LogP contribution in [0.25, 0.3) is 11.0 Å². The van der Waals surface area contributed by atoms with Gasteiger partial charge >= 0.3 is 5.69 Å². The maximum atomic E-state index is 12.5. The number of rotatable bonds is 5. The van der Waals surface area contributed by atoms with Crippen LogP contribution in [0.5, 0.6) is 5.75 Å². The lowest BCUT2D eigenvalue weighted by Crippen LogP contribution is -2.14. The van der Waals surface area contributed by atoms with Crippen LogP contribution < -0.4 is 15.7 Å². The van der Waals surface area contributed by atoms with Crippen LogP contribution >= 0.6 is 0 Å². The number of anilines is 1. The van der Waals surface area contributed by atoms with Gasteiger partial charge in [0, 0.05) is 5.69 Å². The lowest BCUT2D eigenvalue weighted by atomic mass is 10.2. The van der Waals surface area contributed by atoms with Crippen LogP contribution in [0.15, 0.2) is 68.9 Å². The summed E-state index contributed by atoms with van der Waals surface area (Å²) < 4.78 is 5.17. The summed E-state index contributed by atoms with van der Waals surface area (Å²) in [4.78, 5) is 29.0. The number of ether oxygens (including phenoxy) is 1. The minimum Gasteiger partial charge on any atom is -0.510 e. The Balaban J connectivity index is 1.84. The van der Waals surface area contributed by atoms with Gasteiger partial charge in [0.1, 0.15) is 17.2 Å². The van der Waals surface area contributed by atoms with Crippen molar-refractivity contribution in [3.05, 3.63) is 64.4 Å². The van der Waals surface area contributed by atoms with Gasteiger partial charge < -0.3 is 25.1 Å². The third kappa shape index (κ3) is 4.03. The standard InChI is InChI=1S/C18H17N5O4/c1-10(24)16(23-22-13-5-3-4-6-15(13)27-2)17(25)19-11-7-8-12-14(9-11)21-18(26)20-12/h3-9,24H,1-2H3,(H,19,25)(H2,20,21,26)/b16-10+,23-22?. The number of carbonyl (C=O) groups excluding carboxylic acids is 1. The minimum absolute atomic E-state index is 0.247. The summed E-state index contributed by atoms with van der Waals surface area (Å²) in [5.41, 5.74) is 1.41. The number of methoxy groups -OCH3 is 1. The molecule has 0 saturated carbocycles. The van der Waals surface area contributed by atoms with Gasteiger partial charge in [-0.15, -0.1) is 10.2 Å². The van der Waals surface area contributed by atoms with Crippen molar-refractivity contribution >= 4 is 28.3 Å². The van der Waals surface area contributed by atoms with Crippen molar-refractivity contribution in [3.8, 4) is 5.75 Å². The van der Waals surface area contributed by atoms with Crippen molar-refractivity contribution in [1.29, 1.82) is 0 Å². The maximum Gasteiger partial charge on any atom is 0.323 e. The normalized spacial score (nSPS) is 12.2. The van der Waals surface area contributed by atoms with Gasteiger partial charge in [0.05, 0.1) is 18.1 Å². The highest BCUT2D eigenvalue weighted by atomic mass is 16.5. The van der Waals surface area contributed by atoms with E-state index in [4.69, 9.17) is 4.74 Å². The van der Waals surface area contributed by atoms with Gasteiger partial charge in [-0.2, -0.15) is 0 Å². The number of nitrogens with zero attached hydrogens (tertiary/aromatic N) is 2. The Morgan fingerprint density at radius 2 is 1.89 bits per heavy atom. The third-order valence-corrected chi connectivity index (χ3v) is 3.67. The predicted octanol–water partition coefficient (Wildman–Crippen LogP) is 3.38. The number of hydrogen-bond donors (Lipinski definition) is 4. The van der Waals surface area contributed by atoms with E-state index < -0.39 is 5.91 Å². The molecule has 138 valence electrons. The molecule has 0 aliphatic carbocycles. The number of H-pyrrole nitrogens is 2. The molecule has 0 aliphatic heterocycles. The molecule has 2 aromatic carbocycles. The second-order valence-electron chi connectivity index (χ2n) is 5.60. The highest BCUT2D eigenvalue weighted by Crippen LogP contribution is 2.27. The quantitative estimate of drug-likeness (QED) is 0.313. The van der Waals surface area contributed by atoms with E-state index >= 15 is 0 Å². The number of aliphatic hydroxyl groups is 1. The Bertz CT molecular complexity index is 1110. The van der Waals surface area contributed by atoms with E-state index in [0.29, 0.717) is 28.2 Å². The number of amides is 1. The first kappa shape index (κ1) is 17.9. The topological polar surface area (TPSA) is 132 Å². The van der Waals surface area contributed by atoms with Crippen molar-refractivity contribution in [2.75, 3.05) is 12.4 Å². The molecule has 0 aliphatic rings. The number of aliphatic hydroxyl groups excluding tert-OH is 1. The number of aromatic amines is 2. The SMILES string of the molecule is COc1ccccc1N=N/C(C(=O)Nc1ccc2[nH]c(=O)[nH]c2c1)=C(\C)O. The molecule has 0 atom stereocenters. The van der Waals surface area contributed by atoms with E-state index in [1.165, 1.54) is 14.0 Å². The fourth-order valence-electron chi connectivity index (χ4n) is 2.40. The van der Waals surface area contributed by atoms with E-state index in [-0.39, 0.29) is 17.1 Å². The van der Waals surface area contributed by atoms with Gasteiger partial charge in [0.2, 0.25) is 0 Å². The van der Waals surface area contributed by atoms with Gasteiger partial charge in [-0.3, -0.25) is 4.79 Å². The number of aromatic nitrogens is 2. The highest BCUT2D eigenvalue weighted by molar-refractivity contribution is 6.04. The Labute approximate surface area is 153 Å². The Hall–Kier alpha value is -3.88. The zero-order valence-electron chi connectivity index (χ0n) is 14.6. The van der Waals surface area contributed by atoms with E-state index in [1.807, 2.05) is 0 Å². The van der Waals surface area contributed by atoms with E-state index in [9.17, 15) is 14.7 Å². The van der Waals surface area contributed by atoms with Gasteiger partial charge in [0.15, 0.2) is 5.70 Å². The lowest BCUT2D eigenvalue weighted by molar-refractivity contribution is -0.113. The number of azo groups is 1. The van der Waals surface area contributed by atoms with Crippen LogP contribution in [0, 0.1) is 0 Å². The summed E-state index contributed by atoms with van der Waals surface area (Å²) in [6.45, 7) is 1.34. The molecule has 0 saturated heterocycles. The maximum absolute atomic E-state index is 12.5. The van der Waals surface area contributed by atoms with Crippen LogP contribution in [0.4, 0.5) is 11.4 Å². The molecular formula is C18H17N5O4. The molecule has 0 fully saturated rings. The van der Waals surface area contributed by atoms with Crippen molar-refractivity contribution in [2.45, 2.75) is 6.92 Å². The van der Waals surface area contributed by atoms with Gasteiger partial charge in [-0.05, 0) is 37.3 Å².